The molecule has 28 heavy (non-hydrogen) atoms. The quantitative estimate of drug-likeness (QED) is 0.355. The van der Waals surface area contributed by atoms with Crippen LogP contribution in [0, 0.1) is 0 Å². The monoisotopic (exact) mass is 510 g/mol. The molecule has 0 saturated heterocycles. The van der Waals surface area contributed by atoms with Gasteiger partial charge in [-0.2, -0.15) is 0 Å². The van der Waals surface area contributed by atoms with E-state index >= 15 is 0 Å². The maximum absolute atomic E-state index is 6.04. The Labute approximate surface area is 195 Å². The fraction of sp³-hybridized carbons (Fsp3) is 0.429. The Balaban J connectivity index is 0.00000364. The number of rotatable bonds is 11. The Kier molecular flexibility index (Phi) is 15.1. The van der Waals surface area contributed by atoms with Crippen LogP contribution in [0.2, 0.25) is 5.02 Å². The molecule has 0 aliphatic carbocycles. The minimum absolute atomic E-state index is 0. The molecule has 0 heterocycles. The van der Waals surface area contributed by atoms with Crippen molar-refractivity contribution < 1.29 is 4.74 Å². The summed E-state index contributed by atoms with van der Waals surface area (Å²) in [5.74, 6) is 0.916. The van der Waals surface area contributed by atoms with Gasteiger partial charge < -0.3 is 15.0 Å². The topological polar surface area (TPSA) is 24.5 Å². The third-order valence-electron chi connectivity index (χ3n) is 4.37. The zero-order chi connectivity index (χ0) is 18.8. The van der Waals surface area contributed by atoms with Crippen LogP contribution in [-0.2, 0) is 13.2 Å². The molecule has 0 aliphatic heterocycles. The second kappa shape index (κ2) is 15.4. The van der Waals surface area contributed by atoms with E-state index in [1.165, 1.54) is 0 Å². The van der Waals surface area contributed by atoms with Crippen LogP contribution in [0.5, 0.6) is 5.75 Å². The van der Waals surface area contributed by atoms with E-state index in [4.69, 9.17) is 16.3 Å². The number of benzene rings is 2. The van der Waals surface area contributed by atoms with E-state index in [0.717, 1.165) is 65.5 Å². The van der Waals surface area contributed by atoms with Gasteiger partial charge in [0.05, 0.1) is 0 Å². The molecule has 2 aromatic rings. The Morgan fingerprint density at radius 3 is 2.36 bits per heavy atom. The molecule has 0 bridgehead atoms. The summed E-state index contributed by atoms with van der Waals surface area (Å²) >= 11 is 9.49. The fourth-order valence-corrected chi connectivity index (χ4v) is 3.29. The summed E-state index contributed by atoms with van der Waals surface area (Å²) in [6.07, 6.45) is 1.15. The molecule has 7 heteroatoms. The van der Waals surface area contributed by atoms with Crippen LogP contribution < -0.4 is 10.1 Å². The van der Waals surface area contributed by atoms with E-state index in [-0.39, 0.29) is 24.8 Å². The lowest BCUT2D eigenvalue weighted by Crippen LogP contribution is -2.27. The summed E-state index contributed by atoms with van der Waals surface area (Å²) in [6.45, 7) is 10.1. The smallest absolute Gasteiger partial charge is 0.124 e. The Bertz CT molecular complexity index is 667. The van der Waals surface area contributed by atoms with Crippen LogP contribution in [0.1, 0.15) is 31.4 Å². The molecule has 0 radical (unpaired) electrons. The summed E-state index contributed by atoms with van der Waals surface area (Å²) in [6, 6.07) is 13.9. The van der Waals surface area contributed by atoms with Crippen LogP contribution in [0.15, 0.2) is 46.9 Å². The van der Waals surface area contributed by atoms with Crippen LogP contribution in [-0.4, -0.2) is 31.1 Å². The third kappa shape index (κ3) is 9.82. The lowest BCUT2D eigenvalue weighted by molar-refractivity contribution is 0.295. The summed E-state index contributed by atoms with van der Waals surface area (Å²) < 4.78 is 7.10. The van der Waals surface area contributed by atoms with Crippen molar-refractivity contribution in [1.29, 1.82) is 0 Å². The molecule has 2 aromatic carbocycles. The maximum atomic E-state index is 6.04. The van der Waals surface area contributed by atoms with Gasteiger partial charge in [0, 0.05) is 21.6 Å². The van der Waals surface area contributed by atoms with E-state index in [2.05, 4.69) is 46.1 Å². The van der Waals surface area contributed by atoms with Gasteiger partial charge in [0.15, 0.2) is 0 Å². The van der Waals surface area contributed by atoms with Gasteiger partial charge in [-0.15, -0.1) is 24.8 Å². The molecule has 0 aromatic heterocycles. The molecule has 0 aliphatic rings. The van der Waals surface area contributed by atoms with Gasteiger partial charge in [-0.05, 0) is 68.5 Å². The molecule has 3 nitrogen and oxygen atoms in total. The summed E-state index contributed by atoms with van der Waals surface area (Å²) in [7, 11) is 0. The summed E-state index contributed by atoms with van der Waals surface area (Å²) in [5, 5.41) is 4.28. The second-order valence-electron chi connectivity index (χ2n) is 6.22. The predicted molar refractivity (Wildman–Crippen MR) is 129 cm³/mol. The lowest BCUT2D eigenvalue weighted by Gasteiger charge is -2.18. The molecule has 0 atom stereocenters. The second-order valence-corrected chi connectivity index (χ2v) is 7.58. The van der Waals surface area contributed by atoms with Crippen molar-refractivity contribution in [2.45, 2.75) is 33.4 Å². The van der Waals surface area contributed by atoms with Gasteiger partial charge in [0.2, 0.25) is 0 Å². The first-order chi connectivity index (χ1) is 12.6. The van der Waals surface area contributed by atoms with E-state index in [1.807, 2.05) is 36.4 Å². The lowest BCUT2D eigenvalue weighted by atomic mass is 10.2. The highest BCUT2D eigenvalue weighted by molar-refractivity contribution is 9.10. The average molecular weight is 513 g/mol. The highest BCUT2D eigenvalue weighted by Gasteiger charge is 2.06. The Morgan fingerprint density at radius 1 is 1.04 bits per heavy atom. The summed E-state index contributed by atoms with van der Waals surface area (Å²) in [4.78, 5) is 2.45. The van der Waals surface area contributed by atoms with E-state index in [0.29, 0.717) is 6.61 Å². The number of nitrogens with one attached hydrogen (secondary N) is 1. The van der Waals surface area contributed by atoms with Gasteiger partial charge in [0.1, 0.15) is 12.4 Å². The van der Waals surface area contributed by atoms with Crippen LogP contribution >= 0.6 is 52.3 Å². The molecular weight excluding hydrogens is 483 g/mol. The highest BCUT2D eigenvalue weighted by Crippen LogP contribution is 2.24. The third-order valence-corrected chi connectivity index (χ3v) is 5.11. The molecule has 0 unspecified atom stereocenters. The van der Waals surface area contributed by atoms with Crippen molar-refractivity contribution in [3.05, 3.63) is 63.1 Å². The standard InChI is InChI=1S/C21H28BrClN2O.2ClH/c1-3-25(4-2)13-5-12-24-15-18-14-19(22)8-11-21(18)26-16-17-6-9-20(23)10-7-17;;/h6-11,14,24H,3-5,12-13,15-16H2,1-2H3;2*1H. The SMILES string of the molecule is CCN(CC)CCCNCc1cc(Br)ccc1OCc1ccc(Cl)cc1.Cl.Cl. The summed E-state index contributed by atoms with van der Waals surface area (Å²) in [5.41, 5.74) is 2.27. The first-order valence-electron chi connectivity index (χ1n) is 9.21. The van der Waals surface area contributed by atoms with Crippen molar-refractivity contribution >= 4 is 52.3 Å². The van der Waals surface area contributed by atoms with Crippen LogP contribution in [0.4, 0.5) is 0 Å². The largest absolute Gasteiger partial charge is 0.489 e. The van der Waals surface area contributed by atoms with Crippen molar-refractivity contribution in [2.75, 3.05) is 26.2 Å². The van der Waals surface area contributed by atoms with E-state index in [9.17, 15) is 0 Å². The van der Waals surface area contributed by atoms with Gasteiger partial charge in [-0.25, -0.2) is 0 Å². The van der Waals surface area contributed by atoms with Crippen LogP contribution in [0.3, 0.4) is 0 Å². The molecule has 0 saturated carbocycles. The number of hydrogen-bond donors (Lipinski definition) is 1. The van der Waals surface area contributed by atoms with E-state index < -0.39 is 0 Å². The number of nitrogens with zero attached hydrogens (tertiary/aromatic N) is 1. The normalized spacial score (nSPS) is 10.3. The number of halogens is 4. The zero-order valence-corrected chi connectivity index (χ0v) is 20.4. The molecular formula is C21H30BrCl3N2O. The van der Waals surface area contributed by atoms with Crippen molar-refractivity contribution in [2.24, 2.45) is 0 Å². The van der Waals surface area contributed by atoms with Crippen molar-refractivity contribution in [3.63, 3.8) is 0 Å². The van der Waals surface area contributed by atoms with Crippen molar-refractivity contribution in [3.8, 4) is 5.75 Å². The zero-order valence-electron chi connectivity index (χ0n) is 16.4. The Morgan fingerprint density at radius 2 is 1.71 bits per heavy atom. The molecule has 1 N–H and O–H groups in total. The van der Waals surface area contributed by atoms with Gasteiger partial charge in [-0.1, -0.05) is 53.5 Å². The fourth-order valence-electron chi connectivity index (χ4n) is 2.76. The minimum atomic E-state index is 0. The number of ether oxygens (including phenoxy) is 1. The minimum Gasteiger partial charge on any atom is -0.489 e. The molecule has 2 rings (SSSR count). The van der Waals surface area contributed by atoms with Crippen LogP contribution in [0.25, 0.3) is 0 Å². The first kappa shape index (κ1) is 27.5. The van der Waals surface area contributed by atoms with E-state index in [1.54, 1.807) is 0 Å². The molecule has 0 amide bonds. The Hall–Kier alpha value is -0.490. The molecule has 158 valence electrons. The first-order valence-corrected chi connectivity index (χ1v) is 10.4. The molecule has 0 fully saturated rings. The molecule has 0 spiro atoms. The van der Waals surface area contributed by atoms with Crippen molar-refractivity contribution in [1.82, 2.24) is 10.2 Å². The van der Waals surface area contributed by atoms with Gasteiger partial charge in [0.25, 0.3) is 0 Å². The highest BCUT2D eigenvalue weighted by atomic mass is 79.9. The average Bonchev–Trinajstić information content (AvgIpc) is 2.65. The van der Waals surface area contributed by atoms with Gasteiger partial charge >= 0.3 is 0 Å². The number of hydrogen-bond acceptors (Lipinski definition) is 3. The predicted octanol–water partition coefficient (Wildman–Crippen LogP) is 6.35. The maximum Gasteiger partial charge on any atom is 0.124 e. The van der Waals surface area contributed by atoms with Gasteiger partial charge in [-0.3, -0.25) is 0 Å².